The zero-order valence-corrected chi connectivity index (χ0v) is 24.0. The number of aliphatic imine (C=N–C) groups is 1. The van der Waals surface area contributed by atoms with Crippen LogP contribution in [0.5, 0.6) is 0 Å². The highest BCUT2D eigenvalue weighted by atomic mass is 16.3. The molecule has 1 unspecified atom stereocenters. The largest absolute Gasteiger partial charge is 0.384 e. The fourth-order valence-electron chi connectivity index (χ4n) is 6.37. The molecule has 42 heavy (non-hydrogen) atoms. The fourth-order valence-corrected chi connectivity index (χ4v) is 6.37. The second-order valence-corrected chi connectivity index (χ2v) is 11.5. The van der Waals surface area contributed by atoms with Gasteiger partial charge in [0.25, 0.3) is 11.8 Å². The van der Waals surface area contributed by atoms with Gasteiger partial charge in [0.15, 0.2) is 0 Å². The normalized spacial score (nSPS) is 21.8. The van der Waals surface area contributed by atoms with Crippen LogP contribution in [-0.4, -0.2) is 78.8 Å². The molecule has 3 aliphatic rings. The van der Waals surface area contributed by atoms with Crippen molar-refractivity contribution in [1.82, 2.24) is 19.8 Å². The summed E-state index contributed by atoms with van der Waals surface area (Å²) in [6.45, 7) is 4.33. The maximum absolute atomic E-state index is 12.4. The maximum atomic E-state index is 12.4. The molecule has 0 aliphatic carbocycles. The van der Waals surface area contributed by atoms with Gasteiger partial charge in [-0.2, -0.15) is 0 Å². The van der Waals surface area contributed by atoms with Crippen LogP contribution in [0.25, 0.3) is 28.0 Å². The summed E-state index contributed by atoms with van der Waals surface area (Å²) in [4.78, 5) is 41.0. The van der Waals surface area contributed by atoms with Crippen molar-refractivity contribution in [3.63, 3.8) is 0 Å². The monoisotopic (exact) mass is 567 g/mol. The average Bonchev–Trinajstić information content (AvgIpc) is 3.82. The zero-order valence-electron chi connectivity index (χ0n) is 24.0. The van der Waals surface area contributed by atoms with Crippen molar-refractivity contribution in [2.24, 2.45) is 4.99 Å². The highest BCUT2D eigenvalue weighted by Crippen LogP contribution is 2.34. The molecule has 0 spiro atoms. The SMILES string of the molecule is C[C@H](O)C(=O)N1CCCC1c1ncc(-c2ccc(-c3ccc(C4=CN=C([C@@H]5CCCN5C(=O)[C@H](C)O)C4)cc3)cc2)[nH]1. The summed E-state index contributed by atoms with van der Waals surface area (Å²) in [6.07, 6.45) is 5.94. The lowest BCUT2D eigenvalue weighted by molar-refractivity contribution is -0.140. The summed E-state index contributed by atoms with van der Waals surface area (Å²) in [6, 6.07) is 16.6. The van der Waals surface area contributed by atoms with Gasteiger partial charge in [-0.05, 0) is 67.4 Å². The predicted octanol–water partition coefficient (Wildman–Crippen LogP) is 4.35. The van der Waals surface area contributed by atoms with Crippen LogP contribution in [0.15, 0.2) is 65.9 Å². The Labute approximate surface area is 245 Å². The van der Waals surface area contributed by atoms with Crippen molar-refractivity contribution < 1.29 is 19.8 Å². The molecular formula is C33H37N5O4. The first-order valence-electron chi connectivity index (χ1n) is 14.8. The standard InChI is InChI=1S/C33H37N5O4/c1-20(39)32(41)37-15-3-5-29(37)27-17-26(18-34-27)24-9-7-22(8-10-24)23-11-13-25(14-12-23)28-19-35-31(36-28)30-6-4-16-38(30)33(42)21(2)40/h7-14,18-21,29-30,39-40H,3-6,15-17H2,1-2H3,(H,35,36)/t20-,21-,29-,30?/m0/s1. The van der Waals surface area contributed by atoms with Crippen LogP contribution in [0.3, 0.4) is 0 Å². The number of amides is 2. The highest BCUT2D eigenvalue weighted by Gasteiger charge is 2.35. The number of allylic oxidation sites excluding steroid dienone is 1. The van der Waals surface area contributed by atoms with Crippen molar-refractivity contribution in [2.45, 2.75) is 70.2 Å². The molecule has 3 N–H and O–H groups in total. The topological polar surface area (TPSA) is 122 Å². The van der Waals surface area contributed by atoms with E-state index in [4.69, 9.17) is 0 Å². The highest BCUT2D eigenvalue weighted by molar-refractivity contribution is 6.03. The van der Waals surface area contributed by atoms with Crippen LogP contribution in [0.4, 0.5) is 0 Å². The molecule has 0 radical (unpaired) electrons. The number of nitrogens with one attached hydrogen (secondary N) is 1. The van der Waals surface area contributed by atoms with Crippen LogP contribution in [0, 0.1) is 0 Å². The number of nitrogens with zero attached hydrogens (tertiary/aromatic N) is 4. The number of rotatable bonds is 7. The van der Waals surface area contributed by atoms with E-state index in [1.54, 1.807) is 16.0 Å². The van der Waals surface area contributed by atoms with E-state index < -0.39 is 12.2 Å². The Balaban J connectivity index is 1.10. The minimum Gasteiger partial charge on any atom is -0.384 e. The van der Waals surface area contributed by atoms with Crippen molar-refractivity contribution in [1.29, 1.82) is 0 Å². The van der Waals surface area contributed by atoms with E-state index in [1.807, 2.05) is 6.20 Å². The molecule has 9 nitrogen and oxygen atoms in total. The third kappa shape index (κ3) is 5.42. The van der Waals surface area contributed by atoms with E-state index in [1.165, 1.54) is 13.8 Å². The molecule has 2 aromatic carbocycles. The fraction of sp³-hybridized carbons (Fsp3) is 0.394. The Hall–Kier alpha value is -4.08. The van der Waals surface area contributed by atoms with Gasteiger partial charge in [-0.15, -0.1) is 0 Å². The molecule has 2 fully saturated rings. The summed E-state index contributed by atoms with van der Waals surface area (Å²) in [5, 5.41) is 19.5. The lowest BCUT2D eigenvalue weighted by Crippen LogP contribution is -2.44. The van der Waals surface area contributed by atoms with E-state index >= 15 is 0 Å². The number of aliphatic hydroxyl groups is 2. The number of aromatic amines is 1. The molecule has 3 aromatic rings. The number of hydrogen-bond acceptors (Lipinski definition) is 6. The molecule has 4 atom stereocenters. The molecule has 4 heterocycles. The van der Waals surface area contributed by atoms with Crippen molar-refractivity contribution >= 4 is 23.1 Å². The summed E-state index contributed by atoms with van der Waals surface area (Å²) in [5.74, 6) is 0.272. The number of benzene rings is 2. The van der Waals surface area contributed by atoms with Crippen LogP contribution in [0.1, 0.15) is 63.4 Å². The van der Waals surface area contributed by atoms with E-state index in [9.17, 15) is 19.8 Å². The third-order valence-electron chi connectivity index (χ3n) is 8.62. The second-order valence-electron chi connectivity index (χ2n) is 11.5. The average molecular weight is 568 g/mol. The number of H-pyrrole nitrogens is 1. The minimum absolute atomic E-state index is 0.0339. The van der Waals surface area contributed by atoms with Crippen LogP contribution in [0.2, 0.25) is 0 Å². The number of aliphatic hydroxyl groups excluding tert-OH is 2. The Morgan fingerprint density at radius 1 is 0.810 bits per heavy atom. The smallest absolute Gasteiger partial charge is 0.251 e. The lowest BCUT2D eigenvalue weighted by atomic mass is 9.96. The van der Waals surface area contributed by atoms with Gasteiger partial charge in [0, 0.05) is 31.4 Å². The lowest BCUT2D eigenvalue weighted by Gasteiger charge is -2.26. The van der Waals surface area contributed by atoms with E-state index in [0.717, 1.165) is 70.7 Å². The quantitative estimate of drug-likeness (QED) is 0.392. The zero-order chi connectivity index (χ0) is 29.4. The van der Waals surface area contributed by atoms with Gasteiger partial charge in [0.05, 0.1) is 24.0 Å². The molecule has 2 amide bonds. The van der Waals surface area contributed by atoms with Gasteiger partial charge in [0.1, 0.15) is 18.0 Å². The van der Waals surface area contributed by atoms with Gasteiger partial charge < -0.3 is 25.0 Å². The Morgan fingerprint density at radius 3 is 1.93 bits per heavy atom. The van der Waals surface area contributed by atoms with E-state index in [0.29, 0.717) is 19.5 Å². The first kappa shape index (κ1) is 28.1. The summed E-state index contributed by atoms with van der Waals surface area (Å²) >= 11 is 0. The molecule has 218 valence electrons. The molecule has 6 rings (SSSR count). The van der Waals surface area contributed by atoms with Gasteiger partial charge in [-0.3, -0.25) is 14.6 Å². The number of carbonyl (C=O) groups excluding carboxylic acids is 2. The molecule has 2 saturated heterocycles. The number of aromatic nitrogens is 2. The first-order chi connectivity index (χ1) is 20.3. The Morgan fingerprint density at radius 2 is 1.33 bits per heavy atom. The van der Waals surface area contributed by atoms with E-state index in [-0.39, 0.29) is 23.9 Å². The number of imidazole rings is 1. The van der Waals surface area contributed by atoms with Crippen LogP contribution >= 0.6 is 0 Å². The molecule has 3 aliphatic heterocycles. The second kappa shape index (κ2) is 11.7. The van der Waals surface area contributed by atoms with E-state index in [2.05, 4.69) is 63.5 Å². The molecule has 9 heteroatoms. The van der Waals surface area contributed by atoms with Crippen molar-refractivity contribution in [3.8, 4) is 22.4 Å². The molecule has 1 aromatic heterocycles. The predicted molar refractivity (Wildman–Crippen MR) is 161 cm³/mol. The Kier molecular flexibility index (Phi) is 7.79. The van der Waals surface area contributed by atoms with Crippen molar-refractivity contribution in [3.05, 3.63) is 72.3 Å². The Bertz CT molecular complexity index is 1520. The summed E-state index contributed by atoms with van der Waals surface area (Å²) in [7, 11) is 0. The number of hydrogen-bond donors (Lipinski definition) is 3. The van der Waals surface area contributed by atoms with Gasteiger partial charge in [-0.25, -0.2) is 4.98 Å². The van der Waals surface area contributed by atoms with Gasteiger partial charge in [0.2, 0.25) is 0 Å². The molecular weight excluding hydrogens is 530 g/mol. The van der Waals surface area contributed by atoms with Gasteiger partial charge >= 0.3 is 0 Å². The first-order valence-corrected chi connectivity index (χ1v) is 14.8. The molecule has 0 bridgehead atoms. The minimum atomic E-state index is -1.02. The number of carbonyl (C=O) groups is 2. The van der Waals surface area contributed by atoms with Crippen molar-refractivity contribution in [2.75, 3.05) is 13.1 Å². The van der Waals surface area contributed by atoms with Crippen LogP contribution < -0.4 is 0 Å². The summed E-state index contributed by atoms with van der Waals surface area (Å²) in [5.41, 5.74) is 7.35. The molecule has 0 saturated carbocycles. The summed E-state index contributed by atoms with van der Waals surface area (Å²) < 4.78 is 0. The number of likely N-dealkylation sites (tertiary alicyclic amines) is 2. The van der Waals surface area contributed by atoms with Gasteiger partial charge in [-0.1, -0.05) is 48.5 Å². The van der Waals surface area contributed by atoms with Crippen LogP contribution in [-0.2, 0) is 9.59 Å². The maximum Gasteiger partial charge on any atom is 0.251 e. The third-order valence-corrected chi connectivity index (χ3v) is 8.62.